The average Bonchev–Trinajstić information content (AvgIpc) is 2.08. The summed E-state index contributed by atoms with van der Waals surface area (Å²) in [6.07, 6.45) is 0. The van der Waals surface area contributed by atoms with Crippen molar-refractivity contribution in [1.82, 2.24) is 0 Å². The molecular formula is C10H13Cl2NO. The number of hydrogen-bond donors (Lipinski definition) is 1. The monoisotopic (exact) mass is 233 g/mol. The molecule has 0 saturated carbocycles. The molecule has 2 nitrogen and oxygen atoms in total. The second-order valence-corrected chi connectivity index (χ2v) is 4.07. The van der Waals surface area contributed by atoms with Gasteiger partial charge in [0, 0.05) is 16.1 Å². The fourth-order valence-corrected chi connectivity index (χ4v) is 1.46. The lowest BCUT2D eigenvalue weighted by molar-refractivity contribution is 0.111. The van der Waals surface area contributed by atoms with Crippen molar-refractivity contribution in [2.75, 3.05) is 6.61 Å². The van der Waals surface area contributed by atoms with Gasteiger partial charge in [0.05, 0.1) is 13.2 Å². The lowest BCUT2D eigenvalue weighted by Gasteiger charge is -2.08. The molecule has 0 spiro atoms. The zero-order valence-corrected chi connectivity index (χ0v) is 9.48. The van der Waals surface area contributed by atoms with Crippen LogP contribution in [0, 0.1) is 0 Å². The summed E-state index contributed by atoms with van der Waals surface area (Å²) in [5, 5.41) is 1.26. The summed E-state index contributed by atoms with van der Waals surface area (Å²) in [6, 6.07) is 5.39. The molecule has 0 aliphatic carbocycles. The highest BCUT2D eigenvalue weighted by molar-refractivity contribution is 6.35. The molecule has 78 valence electrons. The van der Waals surface area contributed by atoms with Gasteiger partial charge in [-0.05, 0) is 24.6 Å². The van der Waals surface area contributed by atoms with Crippen LogP contribution in [0.1, 0.15) is 12.5 Å². The molecule has 1 aromatic carbocycles. The largest absolute Gasteiger partial charge is 0.375 e. The van der Waals surface area contributed by atoms with Crippen molar-refractivity contribution in [3.63, 3.8) is 0 Å². The Morgan fingerprint density at radius 1 is 1.43 bits per heavy atom. The van der Waals surface area contributed by atoms with E-state index in [0.717, 1.165) is 5.56 Å². The maximum absolute atomic E-state index is 5.95. The number of ether oxygens (including phenoxy) is 1. The molecule has 1 aromatic rings. The predicted molar refractivity (Wildman–Crippen MR) is 59.8 cm³/mol. The number of rotatable bonds is 4. The molecule has 0 radical (unpaired) electrons. The Kier molecular flexibility index (Phi) is 4.69. The standard InChI is InChI=1S/C10H13Cl2NO/c1-7(13)5-14-6-8-2-3-9(11)4-10(8)12/h2-4,7H,5-6,13H2,1H3. The third kappa shape index (κ3) is 3.84. The fraction of sp³-hybridized carbons (Fsp3) is 0.400. The summed E-state index contributed by atoms with van der Waals surface area (Å²) >= 11 is 11.7. The van der Waals surface area contributed by atoms with Crippen molar-refractivity contribution in [1.29, 1.82) is 0 Å². The van der Waals surface area contributed by atoms with Gasteiger partial charge in [0.15, 0.2) is 0 Å². The number of hydrogen-bond acceptors (Lipinski definition) is 2. The molecule has 0 amide bonds. The van der Waals surface area contributed by atoms with E-state index in [4.69, 9.17) is 33.7 Å². The first-order chi connectivity index (χ1) is 6.59. The highest BCUT2D eigenvalue weighted by Crippen LogP contribution is 2.21. The second kappa shape index (κ2) is 5.56. The van der Waals surface area contributed by atoms with Gasteiger partial charge in [-0.15, -0.1) is 0 Å². The van der Waals surface area contributed by atoms with Gasteiger partial charge in [0.1, 0.15) is 0 Å². The molecular weight excluding hydrogens is 221 g/mol. The van der Waals surface area contributed by atoms with Gasteiger partial charge < -0.3 is 10.5 Å². The summed E-state index contributed by atoms with van der Waals surface area (Å²) in [5.41, 5.74) is 6.47. The predicted octanol–water partition coefficient (Wildman–Crippen LogP) is 2.86. The second-order valence-electron chi connectivity index (χ2n) is 3.23. The molecule has 1 atom stereocenters. The van der Waals surface area contributed by atoms with Gasteiger partial charge in [-0.2, -0.15) is 0 Å². The molecule has 0 heterocycles. The lowest BCUT2D eigenvalue weighted by atomic mass is 10.2. The van der Waals surface area contributed by atoms with Crippen LogP contribution in [-0.2, 0) is 11.3 Å². The minimum absolute atomic E-state index is 0.0427. The maximum Gasteiger partial charge on any atom is 0.0732 e. The van der Waals surface area contributed by atoms with Gasteiger partial charge in [0.25, 0.3) is 0 Å². The van der Waals surface area contributed by atoms with Crippen LogP contribution in [-0.4, -0.2) is 12.6 Å². The van der Waals surface area contributed by atoms with Gasteiger partial charge >= 0.3 is 0 Å². The van der Waals surface area contributed by atoms with Crippen molar-refractivity contribution in [2.24, 2.45) is 5.73 Å². The SMILES string of the molecule is CC(N)COCc1ccc(Cl)cc1Cl. The smallest absolute Gasteiger partial charge is 0.0732 e. The van der Waals surface area contributed by atoms with E-state index in [1.54, 1.807) is 12.1 Å². The van der Waals surface area contributed by atoms with Crippen molar-refractivity contribution >= 4 is 23.2 Å². The van der Waals surface area contributed by atoms with Gasteiger partial charge in [-0.1, -0.05) is 29.3 Å². The topological polar surface area (TPSA) is 35.2 Å². The third-order valence-corrected chi connectivity index (χ3v) is 2.24. The highest BCUT2D eigenvalue weighted by Gasteiger charge is 2.01. The molecule has 0 saturated heterocycles. The first-order valence-corrected chi connectivity index (χ1v) is 5.12. The zero-order chi connectivity index (χ0) is 10.6. The summed E-state index contributed by atoms with van der Waals surface area (Å²) in [6.45, 7) is 2.89. The van der Waals surface area contributed by atoms with Gasteiger partial charge in [-0.25, -0.2) is 0 Å². The van der Waals surface area contributed by atoms with Crippen LogP contribution < -0.4 is 5.73 Å². The summed E-state index contributed by atoms with van der Waals surface area (Å²) in [4.78, 5) is 0. The van der Waals surface area contributed by atoms with E-state index in [2.05, 4.69) is 0 Å². The van der Waals surface area contributed by atoms with E-state index >= 15 is 0 Å². The average molecular weight is 234 g/mol. The molecule has 1 rings (SSSR count). The minimum atomic E-state index is 0.0427. The first kappa shape index (κ1) is 11.8. The van der Waals surface area contributed by atoms with Crippen LogP contribution >= 0.6 is 23.2 Å². The maximum atomic E-state index is 5.95. The molecule has 1 unspecified atom stereocenters. The van der Waals surface area contributed by atoms with Crippen molar-refractivity contribution in [3.8, 4) is 0 Å². The molecule has 0 fully saturated rings. The van der Waals surface area contributed by atoms with Crippen LogP contribution in [0.2, 0.25) is 10.0 Å². The fourth-order valence-electron chi connectivity index (χ4n) is 0.994. The van der Waals surface area contributed by atoms with Crippen molar-refractivity contribution < 1.29 is 4.74 Å². The zero-order valence-electron chi connectivity index (χ0n) is 7.97. The lowest BCUT2D eigenvalue weighted by Crippen LogP contribution is -2.21. The third-order valence-electron chi connectivity index (χ3n) is 1.65. The van der Waals surface area contributed by atoms with Gasteiger partial charge in [0.2, 0.25) is 0 Å². The molecule has 2 N–H and O–H groups in total. The summed E-state index contributed by atoms with van der Waals surface area (Å²) in [5.74, 6) is 0. The number of halogens is 2. The molecule has 0 aliphatic rings. The quantitative estimate of drug-likeness (QED) is 0.869. The van der Waals surface area contributed by atoms with Crippen LogP contribution in [0.3, 0.4) is 0 Å². The van der Waals surface area contributed by atoms with Crippen LogP contribution in [0.4, 0.5) is 0 Å². The Labute approximate surface area is 94.0 Å². The van der Waals surface area contributed by atoms with E-state index < -0.39 is 0 Å². The van der Waals surface area contributed by atoms with Gasteiger partial charge in [-0.3, -0.25) is 0 Å². The number of benzene rings is 1. The molecule has 0 bridgehead atoms. The Morgan fingerprint density at radius 2 is 2.14 bits per heavy atom. The normalized spacial score (nSPS) is 12.9. The highest BCUT2D eigenvalue weighted by atomic mass is 35.5. The molecule has 14 heavy (non-hydrogen) atoms. The van der Waals surface area contributed by atoms with Crippen LogP contribution in [0.5, 0.6) is 0 Å². The Bertz CT molecular complexity index is 302. The minimum Gasteiger partial charge on any atom is -0.375 e. The van der Waals surface area contributed by atoms with Crippen molar-refractivity contribution in [2.45, 2.75) is 19.6 Å². The molecule has 0 aromatic heterocycles. The summed E-state index contributed by atoms with van der Waals surface area (Å²) in [7, 11) is 0. The van der Waals surface area contributed by atoms with Crippen LogP contribution in [0.15, 0.2) is 18.2 Å². The molecule has 0 aliphatic heterocycles. The van der Waals surface area contributed by atoms with Crippen LogP contribution in [0.25, 0.3) is 0 Å². The summed E-state index contributed by atoms with van der Waals surface area (Å²) < 4.78 is 5.35. The van der Waals surface area contributed by atoms with Crippen molar-refractivity contribution in [3.05, 3.63) is 33.8 Å². The van der Waals surface area contributed by atoms with E-state index in [1.807, 2.05) is 13.0 Å². The van der Waals surface area contributed by atoms with E-state index in [-0.39, 0.29) is 6.04 Å². The van der Waals surface area contributed by atoms with E-state index in [9.17, 15) is 0 Å². The van der Waals surface area contributed by atoms with E-state index in [1.165, 1.54) is 0 Å². The first-order valence-electron chi connectivity index (χ1n) is 4.37. The Hall–Kier alpha value is -0.280. The number of nitrogens with two attached hydrogens (primary N) is 1. The Morgan fingerprint density at radius 3 is 2.71 bits per heavy atom. The molecule has 4 heteroatoms. The Balaban J connectivity index is 2.51. The van der Waals surface area contributed by atoms with E-state index in [0.29, 0.717) is 23.3 Å².